The largest absolute Gasteiger partial charge is 0.494 e. The average Bonchev–Trinajstić information content (AvgIpc) is 3.38. The Bertz CT molecular complexity index is 1010. The zero-order valence-electron chi connectivity index (χ0n) is 15.9. The molecule has 158 valence electrons. The summed E-state index contributed by atoms with van der Waals surface area (Å²) in [5.41, 5.74) is 0.489. The van der Waals surface area contributed by atoms with Crippen LogP contribution >= 0.6 is 0 Å². The van der Waals surface area contributed by atoms with Crippen LogP contribution in [-0.4, -0.2) is 28.5 Å². The number of benzene rings is 1. The summed E-state index contributed by atoms with van der Waals surface area (Å²) in [4.78, 5) is 12.8. The first kappa shape index (κ1) is 19.9. The van der Waals surface area contributed by atoms with Crippen LogP contribution in [0.2, 0.25) is 0 Å². The smallest absolute Gasteiger partial charge is 0.410 e. The number of hydrogen-bond donors (Lipinski definition) is 2. The number of aromatic nitrogens is 2. The molecule has 2 N–H and O–H groups in total. The van der Waals surface area contributed by atoms with E-state index in [9.17, 15) is 18.0 Å². The minimum atomic E-state index is -4.53. The third-order valence-electron chi connectivity index (χ3n) is 4.79. The van der Waals surface area contributed by atoms with Crippen LogP contribution < -0.4 is 15.4 Å². The summed E-state index contributed by atoms with van der Waals surface area (Å²) in [5, 5.41) is 9.49. The molecule has 2 unspecified atom stereocenters. The van der Waals surface area contributed by atoms with Gasteiger partial charge in [0.25, 0.3) is 5.91 Å². The molecule has 0 spiro atoms. The van der Waals surface area contributed by atoms with Gasteiger partial charge in [-0.05, 0) is 43.3 Å². The lowest BCUT2D eigenvalue weighted by atomic mass is 10.0. The highest BCUT2D eigenvalue weighted by Gasteiger charge is 2.47. The fourth-order valence-electron chi connectivity index (χ4n) is 3.40. The van der Waals surface area contributed by atoms with Gasteiger partial charge in [-0.2, -0.15) is 18.3 Å². The topological polar surface area (TPSA) is 81.3 Å². The molecule has 30 heavy (non-hydrogen) atoms. The molecule has 3 aromatic rings. The van der Waals surface area contributed by atoms with Gasteiger partial charge in [-0.1, -0.05) is 0 Å². The predicted octanol–water partition coefficient (Wildman–Crippen LogP) is 4.79. The van der Waals surface area contributed by atoms with Crippen molar-refractivity contribution in [3.8, 4) is 5.75 Å². The molecule has 0 saturated carbocycles. The van der Waals surface area contributed by atoms with Gasteiger partial charge in [0.15, 0.2) is 6.04 Å². The van der Waals surface area contributed by atoms with Crippen LogP contribution in [0.25, 0.3) is 0 Å². The second-order valence-corrected chi connectivity index (χ2v) is 6.77. The highest BCUT2D eigenvalue weighted by atomic mass is 19.4. The average molecular weight is 420 g/mol. The second kappa shape index (κ2) is 7.77. The van der Waals surface area contributed by atoms with Crippen LogP contribution in [0.15, 0.2) is 53.3 Å². The van der Waals surface area contributed by atoms with Gasteiger partial charge in [0, 0.05) is 12.1 Å². The SMILES string of the molecule is CCOc1ccc(NC(=O)c2cnn3c2NC(c2ccco2)CC3C(F)(F)F)cc1. The summed E-state index contributed by atoms with van der Waals surface area (Å²) in [7, 11) is 0. The van der Waals surface area contributed by atoms with Crippen molar-refractivity contribution in [2.24, 2.45) is 0 Å². The van der Waals surface area contributed by atoms with Crippen molar-refractivity contribution in [1.29, 1.82) is 0 Å². The van der Waals surface area contributed by atoms with E-state index in [2.05, 4.69) is 15.7 Å². The van der Waals surface area contributed by atoms with Crippen LogP contribution in [0.5, 0.6) is 5.75 Å². The monoisotopic (exact) mass is 420 g/mol. The third kappa shape index (κ3) is 3.85. The molecule has 1 aromatic carbocycles. The molecule has 0 fully saturated rings. The van der Waals surface area contributed by atoms with Crippen molar-refractivity contribution >= 4 is 17.4 Å². The van der Waals surface area contributed by atoms with Crippen LogP contribution in [0.3, 0.4) is 0 Å². The summed E-state index contributed by atoms with van der Waals surface area (Å²) in [6.45, 7) is 2.37. The maximum atomic E-state index is 13.7. The Kier molecular flexibility index (Phi) is 5.15. The zero-order chi connectivity index (χ0) is 21.3. The fraction of sp³-hybridized carbons (Fsp3) is 0.300. The number of nitrogens with one attached hydrogen (secondary N) is 2. The lowest BCUT2D eigenvalue weighted by Gasteiger charge is -2.32. The minimum Gasteiger partial charge on any atom is -0.494 e. The standard InChI is InChI=1S/C20H19F3N4O3/c1-2-29-13-7-5-12(6-8-13)25-19(28)14-11-24-27-17(20(21,22)23)10-15(26-18(14)27)16-4-3-9-30-16/h3-9,11,15,17,26H,2,10H2,1H3,(H,25,28). The summed E-state index contributed by atoms with van der Waals surface area (Å²) < 4.78 is 52.4. The van der Waals surface area contributed by atoms with Gasteiger partial charge in [0.1, 0.15) is 22.9 Å². The number of anilines is 2. The Balaban J connectivity index is 1.61. The molecular formula is C20H19F3N4O3. The molecule has 2 aromatic heterocycles. The summed E-state index contributed by atoms with van der Waals surface area (Å²) >= 11 is 0. The van der Waals surface area contributed by atoms with Gasteiger partial charge in [-0.15, -0.1) is 0 Å². The number of halogens is 3. The Morgan fingerprint density at radius 2 is 2.10 bits per heavy atom. The summed E-state index contributed by atoms with van der Waals surface area (Å²) in [6.07, 6.45) is -2.30. The van der Waals surface area contributed by atoms with Gasteiger partial charge in [-0.25, -0.2) is 4.68 Å². The highest BCUT2D eigenvalue weighted by molar-refractivity contribution is 6.07. The van der Waals surface area contributed by atoms with E-state index in [0.29, 0.717) is 23.8 Å². The predicted molar refractivity (Wildman–Crippen MR) is 103 cm³/mol. The summed E-state index contributed by atoms with van der Waals surface area (Å²) in [5.74, 6) is 0.422. The zero-order valence-corrected chi connectivity index (χ0v) is 15.9. The van der Waals surface area contributed by atoms with Crippen molar-refractivity contribution in [3.05, 3.63) is 60.2 Å². The fourth-order valence-corrected chi connectivity index (χ4v) is 3.40. The molecule has 0 bridgehead atoms. The number of carbonyl (C=O) groups excluding carboxylic acids is 1. The number of carbonyl (C=O) groups is 1. The Labute approximate surface area is 169 Å². The van der Waals surface area contributed by atoms with E-state index in [1.807, 2.05) is 6.92 Å². The molecule has 4 rings (SSSR count). The molecule has 1 aliphatic rings. The van der Waals surface area contributed by atoms with Crippen molar-refractivity contribution in [1.82, 2.24) is 9.78 Å². The molecule has 2 atom stereocenters. The number of ether oxygens (including phenoxy) is 1. The van der Waals surface area contributed by atoms with E-state index in [4.69, 9.17) is 9.15 Å². The number of alkyl halides is 3. The van der Waals surface area contributed by atoms with Crippen molar-refractivity contribution in [2.45, 2.75) is 31.6 Å². The van der Waals surface area contributed by atoms with Crippen molar-refractivity contribution in [3.63, 3.8) is 0 Å². The number of nitrogens with zero attached hydrogens (tertiary/aromatic N) is 2. The molecule has 10 heteroatoms. The van der Waals surface area contributed by atoms with E-state index < -0.39 is 24.2 Å². The van der Waals surface area contributed by atoms with Crippen LogP contribution in [0.1, 0.15) is 41.5 Å². The number of amides is 1. The Morgan fingerprint density at radius 1 is 1.33 bits per heavy atom. The van der Waals surface area contributed by atoms with E-state index in [0.717, 1.165) is 10.9 Å². The quantitative estimate of drug-likeness (QED) is 0.621. The molecule has 0 saturated heterocycles. The molecule has 7 nitrogen and oxygen atoms in total. The van der Waals surface area contributed by atoms with Gasteiger partial charge >= 0.3 is 6.18 Å². The normalized spacial score (nSPS) is 18.4. The maximum Gasteiger partial charge on any atom is 0.410 e. The van der Waals surface area contributed by atoms with E-state index in [1.54, 1.807) is 36.4 Å². The second-order valence-electron chi connectivity index (χ2n) is 6.77. The van der Waals surface area contributed by atoms with E-state index >= 15 is 0 Å². The minimum absolute atomic E-state index is 0.00610. The number of hydrogen-bond acceptors (Lipinski definition) is 5. The molecular weight excluding hydrogens is 401 g/mol. The lowest BCUT2D eigenvalue weighted by molar-refractivity contribution is -0.174. The van der Waals surface area contributed by atoms with Gasteiger partial charge < -0.3 is 19.8 Å². The lowest BCUT2D eigenvalue weighted by Crippen LogP contribution is -2.36. The van der Waals surface area contributed by atoms with Crippen molar-refractivity contribution in [2.75, 3.05) is 17.2 Å². The Hall–Kier alpha value is -3.43. The third-order valence-corrected chi connectivity index (χ3v) is 4.79. The summed E-state index contributed by atoms with van der Waals surface area (Å²) in [6, 6.07) is 7.26. The van der Waals surface area contributed by atoms with Crippen LogP contribution in [-0.2, 0) is 0 Å². The number of furan rings is 1. The highest BCUT2D eigenvalue weighted by Crippen LogP contribution is 2.44. The van der Waals surface area contributed by atoms with Crippen LogP contribution in [0.4, 0.5) is 24.7 Å². The van der Waals surface area contributed by atoms with Crippen molar-refractivity contribution < 1.29 is 27.1 Å². The van der Waals surface area contributed by atoms with Crippen LogP contribution in [0, 0.1) is 0 Å². The first-order valence-electron chi connectivity index (χ1n) is 9.35. The van der Waals surface area contributed by atoms with Gasteiger partial charge in [0.05, 0.1) is 25.1 Å². The molecule has 1 amide bonds. The van der Waals surface area contributed by atoms with E-state index in [1.165, 1.54) is 6.26 Å². The number of rotatable bonds is 5. The molecule has 0 aliphatic carbocycles. The first-order chi connectivity index (χ1) is 14.4. The van der Waals surface area contributed by atoms with Gasteiger partial charge in [0.2, 0.25) is 0 Å². The molecule has 1 aliphatic heterocycles. The first-order valence-corrected chi connectivity index (χ1v) is 9.35. The number of fused-ring (bicyclic) bond motifs is 1. The maximum absolute atomic E-state index is 13.7. The molecule has 0 radical (unpaired) electrons. The molecule has 3 heterocycles. The van der Waals surface area contributed by atoms with Gasteiger partial charge in [-0.3, -0.25) is 4.79 Å². The van der Waals surface area contributed by atoms with E-state index in [-0.39, 0.29) is 17.8 Å². The Morgan fingerprint density at radius 3 is 2.73 bits per heavy atom.